The second kappa shape index (κ2) is 6.32. The van der Waals surface area contributed by atoms with E-state index >= 15 is 0 Å². The monoisotopic (exact) mass is 306 g/mol. The maximum Gasteiger partial charge on any atom is 0.296 e. The van der Waals surface area contributed by atoms with E-state index in [4.69, 9.17) is 4.18 Å². The molecule has 0 spiro atoms. The van der Waals surface area contributed by atoms with Gasteiger partial charge in [0, 0.05) is 5.41 Å². The molecular formula is C12H18O3S3. The minimum absolute atomic E-state index is 0.0796. The highest BCUT2D eigenvalue weighted by Gasteiger charge is 2.25. The summed E-state index contributed by atoms with van der Waals surface area (Å²) in [6.45, 7) is 3.87. The van der Waals surface area contributed by atoms with Gasteiger partial charge in [-0.25, -0.2) is 0 Å². The van der Waals surface area contributed by atoms with Gasteiger partial charge in [-0.2, -0.15) is 33.7 Å². The Bertz CT molecular complexity index is 476. The van der Waals surface area contributed by atoms with Gasteiger partial charge in [0.15, 0.2) is 0 Å². The van der Waals surface area contributed by atoms with Crippen LogP contribution in [0.3, 0.4) is 0 Å². The standard InChI is InChI=1S/C12H18O3S3/c1-10-3-5-11(6-4-10)18(13,14)15-7-12(2,8-16)9-17/h3-6,16-17H,7-9H2,1-2H3. The number of thiol groups is 2. The van der Waals surface area contributed by atoms with E-state index in [1.54, 1.807) is 24.3 Å². The molecule has 102 valence electrons. The Labute approximate surface area is 120 Å². The maximum atomic E-state index is 11.9. The molecule has 0 unspecified atom stereocenters. The van der Waals surface area contributed by atoms with Crippen molar-refractivity contribution < 1.29 is 12.6 Å². The number of benzene rings is 1. The van der Waals surface area contributed by atoms with E-state index in [1.807, 2.05) is 13.8 Å². The predicted octanol–water partition coefficient (Wildman–Crippen LogP) is 2.57. The summed E-state index contributed by atoms with van der Waals surface area (Å²) in [5.41, 5.74) is 0.647. The molecule has 18 heavy (non-hydrogen) atoms. The smallest absolute Gasteiger partial charge is 0.266 e. The summed E-state index contributed by atoms with van der Waals surface area (Å²) in [6.07, 6.45) is 0. The molecule has 1 aromatic carbocycles. The van der Waals surface area contributed by atoms with Crippen LogP contribution in [0.1, 0.15) is 12.5 Å². The van der Waals surface area contributed by atoms with Gasteiger partial charge in [0.1, 0.15) is 0 Å². The van der Waals surface area contributed by atoms with Gasteiger partial charge < -0.3 is 0 Å². The molecule has 1 aromatic rings. The first-order chi connectivity index (χ1) is 8.33. The van der Waals surface area contributed by atoms with Crippen molar-refractivity contribution in [3.8, 4) is 0 Å². The van der Waals surface area contributed by atoms with Crippen LogP contribution in [0.4, 0.5) is 0 Å². The molecule has 0 atom stereocenters. The van der Waals surface area contributed by atoms with Gasteiger partial charge in [0.25, 0.3) is 10.1 Å². The fourth-order valence-electron chi connectivity index (χ4n) is 1.13. The van der Waals surface area contributed by atoms with Crippen molar-refractivity contribution in [1.29, 1.82) is 0 Å². The number of hydrogen-bond donors (Lipinski definition) is 2. The van der Waals surface area contributed by atoms with Crippen LogP contribution in [0.25, 0.3) is 0 Å². The lowest BCUT2D eigenvalue weighted by atomic mass is 9.98. The van der Waals surface area contributed by atoms with E-state index in [1.165, 1.54) is 0 Å². The van der Waals surface area contributed by atoms with Crippen LogP contribution in [-0.4, -0.2) is 26.5 Å². The van der Waals surface area contributed by atoms with Crippen LogP contribution in [0.15, 0.2) is 29.2 Å². The molecule has 0 radical (unpaired) electrons. The van der Waals surface area contributed by atoms with Crippen LogP contribution >= 0.6 is 25.3 Å². The van der Waals surface area contributed by atoms with Gasteiger partial charge >= 0.3 is 0 Å². The Morgan fingerprint density at radius 3 is 2.11 bits per heavy atom. The van der Waals surface area contributed by atoms with E-state index in [9.17, 15) is 8.42 Å². The quantitative estimate of drug-likeness (QED) is 0.627. The maximum absolute atomic E-state index is 11.9. The van der Waals surface area contributed by atoms with Gasteiger partial charge in [-0.1, -0.05) is 24.6 Å². The zero-order valence-electron chi connectivity index (χ0n) is 10.5. The lowest BCUT2D eigenvalue weighted by Crippen LogP contribution is -2.29. The third kappa shape index (κ3) is 4.19. The molecular weight excluding hydrogens is 288 g/mol. The second-order valence-corrected chi connectivity index (χ2v) is 6.90. The Balaban J connectivity index is 2.80. The average Bonchev–Trinajstić information content (AvgIpc) is 2.37. The highest BCUT2D eigenvalue weighted by Crippen LogP contribution is 2.23. The summed E-state index contributed by atoms with van der Waals surface area (Å²) in [6, 6.07) is 6.58. The first kappa shape index (κ1) is 15.9. The van der Waals surface area contributed by atoms with Crippen molar-refractivity contribution >= 4 is 35.4 Å². The van der Waals surface area contributed by atoms with Crippen LogP contribution in [0, 0.1) is 12.3 Å². The van der Waals surface area contributed by atoms with Gasteiger partial charge in [-0.05, 0) is 30.6 Å². The normalized spacial score (nSPS) is 12.7. The Kier molecular flexibility index (Phi) is 5.58. The number of hydrogen-bond acceptors (Lipinski definition) is 5. The van der Waals surface area contributed by atoms with E-state index < -0.39 is 10.1 Å². The van der Waals surface area contributed by atoms with Crippen LogP contribution in [0.2, 0.25) is 0 Å². The lowest BCUT2D eigenvalue weighted by molar-refractivity contribution is 0.212. The zero-order valence-corrected chi connectivity index (χ0v) is 13.1. The summed E-state index contributed by atoms with van der Waals surface area (Å²) in [7, 11) is -3.70. The molecule has 3 nitrogen and oxygen atoms in total. The van der Waals surface area contributed by atoms with Crippen molar-refractivity contribution in [3.05, 3.63) is 29.8 Å². The Morgan fingerprint density at radius 1 is 1.17 bits per heavy atom. The number of rotatable bonds is 6. The van der Waals surface area contributed by atoms with Crippen molar-refractivity contribution in [2.45, 2.75) is 18.7 Å². The van der Waals surface area contributed by atoms with E-state index in [-0.39, 0.29) is 16.9 Å². The highest BCUT2D eigenvalue weighted by atomic mass is 32.2. The van der Waals surface area contributed by atoms with Crippen LogP contribution in [0.5, 0.6) is 0 Å². The molecule has 0 aliphatic heterocycles. The largest absolute Gasteiger partial charge is 0.296 e. The SMILES string of the molecule is Cc1ccc(S(=O)(=O)OCC(C)(CS)CS)cc1. The van der Waals surface area contributed by atoms with Crippen molar-refractivity contribution in [2.75, 3.05) is 18.1 Å². The van der Waals surface area contributed by atoms with Gasteiger partial charge in [-0.3, -0.25) is 4.18 Å². The molecule has 6 heteroatoms. The molecule has 0 saturated carbocycles. The molecule has 0 aromatic heterocycles. The molecule has 0 fully saturated rings. The molecule has 0 aliphatic rings. The van der Waals surface area contributed by atoms with E-state index in [0.29, 0.717) is 11.5 Å². The molecule has 0 N–H and O–H groups in total. The first-order valence-electron chi connectivity index (χ1n) is 5.51. The number of aryl methyl sites for hydroxylation is 1. The fraction of sp³-hybridized carbons (Fsp3) is 0.500. The third-order valence-electron chi connectivity index (χ3n) is 2.64. The van der Waals surface area contributed by atoms with Crippen molar-refractivity contribution in [2.24, 2.45) is 5.41 Å². The molecule has 0 amide bonds. The third-order valence-corrected chi connectivity index (χ3v) is 5.44. The lowest BCUT2D eigenvalue weighted by Gasteiger charge is -2.24. The summed E-state index contributed by atoms with van der Waals surface area (Å²) >= 11 is 8.38. The summed E-state index contributed by atoms with van der Waals surface area (Å²) in [4.78, 5) is 0.175. The van der Waals surface area contributed by atoms with E-state index in [2.05, 4.69) is 25.3 Å². The average molecular weight is 306 g/mol. The van der Waals surface area contributed by atoms with Gasteiger partial charge in [-0.15, -0.1) is 0 Å². The Hall–Kier alpha value is -0.170. The second-order valence-electron chi connectivity index (χ2n) is 4.66. The summed E-state index contributed by atoms with van der Waals surface area (Å²) in [5, 5.41) is 0. The molecule has 0 saturated heterocycles. The summed E-state index contributed by atoms with van der Waals surface area (Å²) in [5.74, 6) is 1.03. The molecule has 0 aliphatic carbocycles. The predicted molar refractivity (Wildman–Crippen MR) is 80.1 cm³/mol. The van der Waals surface area contributed by atoms with Crippen molar-refractivity contribution in [3.63, 3.8) is 0 Å². The molecule has 0 bridgehead atoms. The summed E-state index contributed by atoms with van der Waals surface area (Å²) < 4.78 is 29.0. The van der Waals surface area contributed by atoms with Gasteiger partial charge in [0.05, 0.1) is 11.5 Å². The van der Waals surface area contributed by atoms with Crippen LogP contribution in [-0.2, 0) is 14.3 Å². The van der Waals surface area contributed by atoms with Crippen molar-refractivity contribution in [1.82, 2.24) is 0 Å². The fourth-order valence-corrected chi connectivity index (χ4v) is 2.76. The van der Waals surface area contributed by atoms with Gasteiger partial charge in [0.2, 0.25) is 0 Å². The van der Waals surface area contributed by atoms with Crippen LogP contribution < -0.4 is 0 Å². The Morgan fingerprint density at radius 2 is 1.67 bits per heavy atom. The molecule has 1 rings (SSSR count). The van der Waals surface area contributed by atoms with E-state index in [0.717, 1.165) is 5.56 Å². The zero-order chi connectivity index (χ0) is 13.8. The highest BCUT2D eigenvalue weighted by molar-refractivity contribution is 7.86. The molecule has 0 heterocycles. The minimum atomic E-state index is -3.70. The minimum Gasteiger partial charge on any atom is -0.266 e. The first-order valence-corrected chi connectivity index (χ1v) is 8.18. The topological polar surface area (TPSA) is 43.4 Å².